The van der Waals surface area contributed by atoms with E-state index in [2.05, 4.69) is 20.8 Å². The number of hydrogen-bond donors (Lipinski definition) is 2. The summed E-state index contributed by atoms with van der Waals surface area (Å²) in [5, 5.41) is 11.5. The third-order valence-corrected chi connectivity index (χ3v) is 4.85. The lowest BCUT2D eigenvalue weighted by Gasteiger charge is -2.07. The Morgan fingerprint density at radius 1 is 1.00 bits per heavy atom. The molecule has 0 bridgehead atoms. The Balaban J connectivity index is 1.26. The predicted molar refractivity (Wildman–Crippen MR) is 107 cm³/mol. The first-order valence-corrected chi connectivity index (χ1v) is 10.0. The van der Waals surface area contributed by atoms with Gasteiger partial charge >= 0.3 is 0 Å². The Hall–Kier alpha value is -3.00. The number of amides is 2. The van der Waals surface area contributed by atoms with Crippen LogP contribution in [0.25, 0.3) is 10.7 Å². The summed E-state index contributed by atoms with van der Waals surface area (Å²) in [4.78, 5) is 29.0. The van der Waals surface area contributed by atoms with Crippen LogP contribution in [0.1, 0.15) is 24.3 Å². The van der Waals surface area contributed by atoms with Crippen LogP contribution in [0.4, 0.5) is 0 Å². The number of aromatic nitrogens is 2. The molecular formula is C20H22N4O3S. The van der Waals surface area contributed by atoms with Crippen LogP contribution in [0.3, 0.4) is 0 Å². The van der Waals surface area contributed by atoms with Crippen LogP contribution in [0, 0.1) is 0 Å². The van der Waals surface area contributed by atoms with Crippen molar-refractivity contribution in [3.63, 3.8) is 0 Å². The fraction of sp³-hybridized carbons (Fsp3) is 0.300. The van der Waals surface area contributed by atoms with Crippen LogP contribution in [-0.4, -0.2) is 35.0 Å². The molecule has 0 aliphatic rings. The molecule has 146 valence electrons. The van der Waals surface area contributed by atoms with E-state index < -0.39 is 0 Å². The highest BCUT2D eigenvalue weighted by atomic mass is 32.1. The molecule has 2 amide bonds. The number of benzene rings is 1. The van der Waals surface area contributed by atoms with Crippen molar-refractivity contribution in [1.29, 1.82) is 0 Å². The predicted octanol–water partition coefficient (Wildman–Crippen LogP) is 2.60. The zero-order chi connectivity index (χ0) is 19.6. The van der Waals surface area contributed by atoms with Crippen molar-refractivity contribution in [1.82, 2.24) is 20.8 Å². The van der Waals surface area contributed by atoms with E-state index in [0.717, 1.165) is 10.4 Å². The number of carbonyl (C=O) groups excluding carboxylic acids is 2. The minimum absolute atomic E-state index is 0.0570. The summed E-state index contributed by atoms with van der Waals surface area (Å²) in [6.07, 6.45) is 1.89. The van der Waals surface area contributed by atoms with Crippen molar-refractivity contribution in [3.8, 4) is 10.7 Å². The van der Waals surface area contributed by atoms with Gasteiger partial charge < -0.3 is 15.2 Å². The maximum absolute atomic E-state index is 11.9. The van der Waals surface area contributed by atoms with Gasteiger partial charge in [-0.15, -0.1) is 11.3 Å². The first-order chi connectivity index (χ1) is 13.7. The molecule has 0 saturated heterocycles. The van der Waals surface area contributed by atoms with Crippen molar-refractivity contribution < 1.29 is 14.1 Å². The quantitative estimate of drug-likeness (QED) is 0.512. The molecule has 0 aliphatic heterocycles. The van der Waals surface area contributed by atoms with Crippen molar-refractivity contribution in [3.05, 3.63) is 59.3 Å². The van der Waals surface area contributed by atoms with Crippen LogP contribution in [0.15, 0.2) is 52.4 Å². The van der Waals surface area contributed by atoms with E-state index in [-0.39, 0.29) is 11.8 Å². The fourth-order valence-corrected chi connectivity index (χ4v) is 3.25. The molecular weight excluding hydrogens is 376 g/mol. The topological polar surface area (TPSA) is 97.1 Å². The summed E-state index contributed by atoms with van der Waals surface area (Å²) in [5.41, 5.74) is 0.965. The zero-order valence-electron chi connectivity index (χ0n) is 15.4. The third-order valence-electron chi connectivity index (χ3n) is 3.98. The minimum Gasteiger partial charge on any atom is -0.354 e. The van der Waals surface area contributed by atoms with Gasteiger partial charge in [0.25, 0.3) is 0 Å². The monoisotopic (exact) mass is 398 g/mol. The van der Waals surface area contributed by atoms with Gasteiger partial charge in [-0.1, -0.05) is 41.6 Å². The summed E-state index contributed by atoms with van der Waals surface area (Å²) in [5.74, 6) is 0.999. The van der Waals surface area contributed by atoms with E-state index in [4.69, 9.17) is 4.52 Å². The lowest BCUT2D eigenvalue weighted by molar-refractivity contribution is -0.122. The number of nitrogens with zero attached hydrogens (tertiary/aromatic N) is 2. The third kappa shape index (κ3) is 6.31. The van der Waals surface area contributed by atoms with Crippen LogP contribution < -0.4 is 10.6 Å². The molecule has 8 heteroatoms. The van der Waals surface area contributed by atoms with E-state index in [1.165, 1.54) is 0 Å². The van der Waals surface area contributed by atoms with E-state index in [1.807, 2.05) is 47.8 Å². The van der Waals surface area contributed by atoms with E-state index in [1.54, 1.807) is 11.3 Å². The second kappa shape index (κ2) is 10.4. The first kappa shape index (κ1) is 19.8. The van der Waals surface area contributed by atoms with Crippen molar-refractivity contribution >= 4 is 23.2 Å². The number of hydrogen-bond acceptors (Lipinski definition) is 6. The second-order valence-corrected chi connectivity index (χ2v) is 7.15. The van der Waals surface area contributed by atoms with E-state index in [0.29, 0.717) is 50.5 Å². The van der Waals surface area contributed by atoms with Gasteiger partial charge in [0.05, 0.1) is 11.3 Å². The van der Waals surface area contributed by atoms with E-state index in [9.17, 15) is 9.59 Å². The van der Waals surface area contributed by atoms with Crippen molar-refractivity contribution in [2.75, 3.05) is 13.1 Å². The average Bonchev–Trinajstić information content (AvgIpc) is 3.38. The maximum atomic E-state index is 11.9. The second-order valence-electron chi connectivity index (χ2n) is 6.20. The van der Waals surface area contributed by atoms with Crippen LogP contribution in [0.5, 0.6) is 0 Å². The number of aryl methyl sites for hydroxylation is 1. The molecule has 0 unspecified atom stereocenters. The molecule has 0 atom stereocenters. The standard InChI is InChI=1S/C20H22N4O3S/c25-17(21-11-12-22-18(26)14-15-6-2-1-3-7-15)9-4-10-19-23-20(24-27-19)16-8-5-13-28-16/h1-3,5-8,13H,4,9-12,14H2,(H,21,25)(H,22,26). The lowest BCUT2D eigenvalue weighted by Crippen LogP contribution is -2.35. The largest absolute Gasteiger partial charge is 0.354 e. The molecule has 28 heavy (non-hydrogen) atoms. The summed E-state index contributed by atoms with van der Waals surface area (Å²) < 4.78 is 5.21. The Bertz CT molecular complexity index is 878. The van der Waals surface area contributed by atoms with E-state index >= 15 is 0 Å². The lowest BCUT2D eigenvalue weighted by atomic mass is 10.1. The highest BCUT2D eigenvalue weighted by molar-refractivity contribution is 7.13. The molecule has 0 aliphatic carbocycles. The normalized spacial score (nSPS) is 10.6. The Morgan fingerprint density at radius 3 is 2.54 bits per heavy atom. The maximum Gasteiger partial charge on any atom is 0.226 e. The summed E-state index contributed by atoms with van der Waals surface area (Å²) in [6.45, 7) is 0.813. The molecule has 3 rings (SSSR count). The zero-order valence-corrected chi connectivity index (χ0v) is 16.2. The summed E-state index contributed by atoms with van der Waals surface area (Å²) in [7, 11) is 0. The highest BCUT2D eigenvalue weighted by Crippen LogP contribution is 2.21. The number of thiophene rings is 1. The number of rotatable bonds is 10. The molecule has 2 heterocycles. The van der Waals surface area contributed by atoms with Gasteiger partial charge in [-0.25, -0.2) is 0 Å². The van der Waals surface area contributed by atoms with Crippen molar-refractivity contribution in [2.45, 2.75) is 25.7 Å². The molecule has 3 aromatic rings. The molecule has 7 nitrogen and oxygen atoms in total. The van der Waals surface area contributed by atoms with Gasteiger partial charge in [-0.2, -0.15) is 4.98 Å². The average molecular weight is 398 g/mol. The number of carbonyl (C=O) groups is 2. The van der Waals surface area contributed by atoms with Gasteiger partial charge in [0.2, 0.25) is 23.5 Å². The molecule has 1 aromatic carbocycles. The first-order valence-electron chi connectivity index (χ1n) is 9.14. The summed E-state index contributed by atoms with van der Waals surface area (Å²) in [6, 6.07) is 13.4. The van der Waals surface area contributed by atoms with Gasteiger partial charge in [0, 0.05) is 25.9 Å². The molecule has 0 radical (unpaired) electrons. The SMILES string of the molecule is O=C(CCCc1nc(-c2cccs2)no1)NCCNC(=O)Cc1ccccc1. The summed E-state index contributed by atoms with van der Waals surface area (Å²) >= 11 is 1.55. The molecule has 2 aromatic heterocycles. The molecule has 0 spiro atoms. The fourth-order valence-electron chi connectivity index (χ4n) is 2.60. The Morgan fingerprint density at radius 2 is 1.79 bits per heavy atom. The number of nitrogens with one attached hydrogen (secondary N) is 2. The van der Waals surface area contributed by atoms with Gasteiger partial charge in [0.1, 0.15) is 0 Å². The smallest absolute Gasteiger partial charge is 0.226 e. The van der Waals surface area contributed by atoms with Crippen LogP contribution >= 0.6 is 11.3 Å². The molecule has 0 fully saturated rings. The molecule has 0 saturated carbocycles. The molecule has 2 N–H and O–H groups in total. The Labute approximate surface area is 167 Å². The minimum atomic E-state index is -0.0599. The van der Waals surface area contributed by atoms with Gasteiger partial charge in [-0.05, 0) is 23.4 Å². The Kier molecular flexibility index (Phi) is 7.31. The van der Waals surface area contributed by atoms with Crippen LogP contribution in [0.2, 0.25) is 0 Å². The van der Waals surface area contributed by atoms with Gasteiger partial charge in [-0.3, -0.25) is 9.59 Å². The van der Waals surface area contributed by atoms with Crippen LogP contribution in [-0.2, 0) is 22.4 Å². The van der Waals surface area contributed by atoms with Gasteiger partial charge in [0.15, 0.2) is 0 Å². The van der Waals surface area contributed by atoms with Crippen molar-refractivity contribution in [2.24, 2.45) is 0 Å². The highest BCUT2D eigenvalue weighted by Gasteiger charge is 2.10.